The van der Waals surface area contributed by atoms with Gasteiger partial charge in [-0.05, 0) is 79.4 Å². The van der Waals surface area contributed by atoms with E-state index in [4.69, 9.17) is 11.6 Å². The average molecular weight is 443 g/mol. The summed E-state index contributed by atoms with van der Waals surface area (Å²) in [5, 5.41) is 14.1. The Morgan fingerprint density at radius 1 is 1.03 bits per heavy atom. The van der Waals surface area contributed by atoms with Crippen LogP contribution in [0.1, 0.15) is 34.9 Å². The minimum atomic E-state index is -3.35. The second kappa shape index (κ2) is 8.20. The third kappa shape index (κ3) is 3.85. The van der Waals surface area contributed by atoms with Gasteiger partial charge in [-0.15, -0.1) is 0 Å². The number of oxime groups is 1. The van der Waals surface area contributed by atoms with Crippen molar-refractivity contribution in [3.8, 4) is 0 Å². The Labute approximate surface area is 182 Å². The lowest BCUT2D eigenvalue weighted by Gasteiger charge is -2.36. The van der Waals surface area contributed by atoms with E-state index in [0.717, 1.165) is 27.9 Å². The number of sulfone groups is 1. The Morgan fingerprint density at radius 2 is 1.70 bits per heavy atom. The maximum Gasteiger partial charge on any atom is 0.175 e. The molecule has 2 aromatic carbocycles. The van der Waals surface area contributed by atoms with Gasteiger partial charge in [-0.2, -0.15) is 0 Å². The molecule has 3 rings (SSSR count). The van der Waals surface area contributed by atoms with E-state index in [1.807, 2.05) is 38.1 Å². The summed E-state index contributed by atoms with van der Waals surface area (Å²) < 4.78 is 23.9. The summed E-state index contributed by atoms with van der Waals surface area (Å²) in [5.41, 5.74) is 3.68. The lowest BCUT2D eigenvalue weighted by Crippen LogP contribution is -2.38. The van der Waals surface area contributed by atoms with E-state index in [2.05, 4.69) is 10.1 Å². The first-order valence-electron chi connectivity index (χ1n) is 9.30. The van der Waals surface area contributed by atoms with Crippen molar-refractivity contribution in [2.75, 3.05) is 6.26 Å². The molecule has 1 N–H and O–H groups in total. The zero-order chi connectivity index (χ0) is 22.1. The zero-order valence-corrected chi connectivity index (χ0v) is 18.8. The van der Waals surface area contributed by atoms with Crippen LogP contribution in [0, 0.1) is 13.8 Å². The third-order valence-electron chi connectivity index (χ3n) is 5.33. The summed E-state index contributed by atoms with van der Waals surface area (Å²) in [6.07, 6.45) is 2.88. The van der Waals surface area contributed by atoms with Gasteiger partial charge in [-0.3, -0.25) is 4.98 Å². The Morgan fingerprint density at radius 3 is 2.23 bits per heavy atom. The highest BCUT2D eigenvalue weighted by molar-refractivity contribution is 7.90. The first-order valence-corrected chi connectivity index (χ1v) is 11.6. The number of hydrogen-bond donors (Lipinski definition) is 1. The van der Waals surface area contributed by atoms with E-state index in [-0.39, 0.29) is 4.90 Å². The van der Waals surface area contributed by atoms with Crippen molar-refractivity contribution in [1.82, 2.24) is 4.98 Å². The van der Waals surface area contributed by atoms with Gasteiger partial charge in [0, 0.05) is 23.2 Å². The molecule has 0 spiro atoms. The van der Waals surface area contributed by atoms with Gasteiger partial charge in [0.25, 0.3) is 0 Å². The topological polar surface area (TPSA) is 79.6 Å². The molecule has 0 aliphatic carbocycles. The van der Waals surface area contributed by atoms with Gasteiger partial charge in [0.1, 0.15) is 0 Å². The van der Waals surface area contributed by atoms with E-state index < -0.39 is 15.3 Å². The fourth-order valence-corrected chi connectivity index (χ4v) is 4.80. The number of aromatic nitrogens is 1. The van der Waals surface area contributed by atoms with Crippen molar-refractivity contribution < 1.29 is 13.6 Å². The van der Waals surface area contributed by atoms with Crippen LogP contribution in [0.25, 0.3) is 0 Å². The van der Waals surface area contributed by atoms with Crippen LogP contribution in [0.3, 0.4) is 0 Å². The Hall–Kier alpha value is -2.70. The molecule has 0 unspecified atom stereocenters. The van der Waals surface area contributed by atoms with Crippen molar-refractivity contribution >= 4 is 27.1 Å². The Kier molecular flexibility index (Phi) is 6.01. The molecule has 0 radical (unpaired) electrons. The van der Waals surface area contributed by atoms with Crippen molar-refractivity contribution in [3.05, 3.63) is 93.8 Å². The summed E-state index contributed by atoms with van der Waals surface area (Å²) >= 11 is 6.21. The number of rotatable bonds is 5. The average Bonchev–Trinajstić information content (AvgIpc) is 2.69. The quantitative estimate of drug-likeness (QED) is 0.345. The second-order valence-corrected chi connectivity index (χ2v) is 9.83. The fraction of sp³-hybridized carbons (Fsp3) is 0.217. The second-order valence-electron chi connectivity index (χ2n) is 7.38. The van der Waals surface area contributed by atoms with E-state index in [9.17, 15) is 13.6 Å². The minimum absolute atomic E-state index is 0.220. The molecule has 156 valence electrons. The van der Waals surface area contributed by atoms with Crippen LogP contribution in [0.5, 0.6) is 0 Å². The van der Waals surface area contributed by atoms with Crippen molar-refractivity contribution in [3.63, 3.8) is 0 Å². The highest BCUT2D eigenvalue weighted by Crippen LogP contribution is 2.43. The fourth-order valence-electron chi connectivity index (χ4n) is 3.94. The van der Waals surface area contributed by atoms with Crippen LogP contribution in [0.4, 0.5) is 0 Å². The van der Waals surface area contributed by atoms with Gasteiger partial charge in [-0.1, -0.05) is 35.0 Å². The normalized spacial score (nSPS) is 14.4. The zero-order valence-electron chi connectivity index (χ0n) is 17.2. The van der Waals surface area contributed by atoms with E-state index >= 15 is 0 Å². The smallest absolute Gasteiger partial charge is 0.175 e. The number of pyridine rings is 1. The standard InChI is InChI=1S/C23H23ClN2O3S/c1-15-13-20(24)7-10-22(15)23(17(3)26-27,19-11-12-25-16(2)14-19)18-5-8-21(9-6-18)30(4,28)29/h5-14,27H,1-4H3/b26-17-/t23-/m0/s1. The molecule has 7 heteroatoms. The van der Waals surface area contributed by atoms with Crippen LogP contribution in [0.2, 0.25) is 5.02 Å². The van der Waals surface area contributed by atoms with Crippen molar-refractivity contribution in [2.45, 2.75) is 31.1 Å². The van der Waals surface area contributed by atoms with Gasteiger partial charge >= 0.3 is 0 Å². The molecule has 30 heavy (non-hydrogen) atoms. The molecule has 0 saturated carbocycles. The maximum absolute atomic E-state index is 12.0. The Bertz CT molecular complexity index is 1220. The van der Waals surface area contributed by atoms with Crippen molar-refractivity contribution in [2.24, 2.45) is 5.16 Å². The summed E-state index contributed by atoms with van der Waals surface area (Å²) in [4.78, 5) is 4.53. The van der Waals surface area contributed by atoms with Gasteiger partial charge in [0.2, 0.25) is 0 Å². The van der Waals surface area contributed by atoms with Gasteiger partial charge in [0.05, 0.1) is 16.0 Å². The molecule has 0 bridgehead atoms. The molecule has 1 atom stereocenters. The van der Waals surface area contributed by atoms with Gasteiger partial charge in [-0.25, -0.2) is 8.42 Å². The van der Waals surface area contributed by atoms with Crippen molar-refractivity contribution in [1.29, 1.82) is 0 Å². The number of benzene rings is 2. The molecule has 1 aromatic heterocycles. The maximum atomic E-state index is 12.0. The predicted molar refractivity (Wildman–Crippen MR) is 119 cm³/mol. The first-order chi connectivity index (χ1) is 14.1. The van der Waals surface area contributed by atoms with Crippen LogP contribution < -0.4 is 0 Å². The lowest BCUT2D eigenvalue weighted by molar-refractivity contribution is 0.315. The summed E-state index contributed by atoms with van der Waals surface area (Å²) in [5.74, 6) is 0. The molecule has 3 aromatic rings. The number of halogens is 1. The molecular weight excluding hydrogens is 420 g/mol. The van der Waals surface area contributed by atoms with E-state index in [1.54, 1.807) is 43.5 Å². The van der Waals surface area contributed by atoms with Crippen LogP contribution >= 0.6 is 11.6 Å². The molecule has 1 heterocycles. The molecule has 0 aliphatic heterocycles. The van der Waals surface area contributed by atoms with Crippen LogP contribution in [0.15, 0.2) is 70.8 Å². The monoisotopic (exact) mass is 442 g/mol. The van der Waals surface area contributed by atoms with Crippen LogP contribution in [-0.4, -0.2) is 30.6 Å². The molecular formula is C23H23ClN2O3S. The summed E-state index contributed by atoms with van der Waals surface area (Å²) in [6.45, 7) is 5.58. The number of aryl methyl sites for hydroxylation is 2. The number of hydrogen-bond acceptors (Lipinski definition) is 5. The summed E-state index contributed by atoms with van der Waals surface area (Å²) in [6, 6.07) is 16.0. The Balaban J connectivity index is 2.46. The highest BCUT2D eigenvalue weighted by Gasteiger charge is 2.41. The van der Waals surface area contributed by atoms with Gasteiger partial charge in [0.15, 0.2) is 9.84 Å². The molecule has 0 amide bonds. The van der Waals surface area contributed by atoms with E-state index in [1.165, 1.54) is 6.26 Å². The third-order valence-corrected chi connectivity index (χ3v) is 6.69. The SMILES string of the molecule is C/C(=N/O)[C@](c1ccc(S(C)(=O)=O)cc1)(c1ccnc(C)c1)c1ccc(Cl)cc1C. The minimum Gasteiger partial charge on any atom is -0.411 e. The number of nitrogens with zero attached hydrogens (tertiary/aromatic N) is 2. The molecule has 0 aliphatic rings. The highest BCUT2D eigenvalue weighted by atomic mass is 35.5. The van der Waals surface area contributed by atoms with E-state index in [0.29, 0.717) is 10.7 Å². The summed E-state index contributed by atoms with van der Waals surface area (Å²) in [7, 11) is -3.35. The first kappa shape index (κ1) is 22.0. The molecule has 5 nitrogen and oxygen atoms in total. The lowest BCUT2D eigenvalue weighted by atomic mass is 9.65. The largest absolute Gasteiger partial charge is 0.411 e. The van der Waals surface area contributed by atoms with Gasteiger partial charge < -0.3 is 5.21 Å². The molecule has 0 fully saturated rings. The van der Waals surface area contributed by atoms with Crippen LogP contribution in [-0.2, 0) is 15.3 Å². The molecule has 0 saturated heterocycles. The predicted octanol–water partition coefficient (Wildman–Crippen LogP) is 4.94.